The molecule has 0 aliphatic rings. The van der Waals surface area contributed by atoms with Crippen LogP contribution < -0.4 is 5.73 Å². The number of nitrogens with one attached hydrogen (secondary N) is 1. The number of carbonyl (C=O) groups excluding carboxylic acids is 1. The zero-order valence-electron chi connectivity index (χ0n) is 10.2. The lowest BCUT2D eigenvalue weighted by Crippen LogP contribution is -2.42. The summed E-state index contributed by atoms with van der Waals surface area (Å²) in [5.74, 6) is 1.35. The van der Waals surface area contributed by atoms with Crippen LogP contribution in [-0.4, -0.2) is 39.6 Å². The van der Waals surface area contributed by atoms with Gasteiger partial charge in [0.1, 0.15) is 5.82 Å². The zero-order chi connectivity index (χ0) is 12.3. The first-order valence-electron chi connectivity index (χ1n) is 5.20. The van der Waals surface area contributed by atoms with Crippen LogP contribution in [0.4, 0.5) is 0 Å². The Kier molecular flexibility index (Phi) is 3.64. The number of nitrogens with zero attached hydrogens (tertiary/aromatic N) is 3. The number of carbonyl (C=O) groups is 1. The molecule has 1 aromatic heterocycles. The van der Waals surface area contributed by atoms with Crippen LogP contribution in [0.25, 0.3) is 0 Å². The maximum Gasteiger partial charge on any atom is 0.229 e. The van der Waals surface area contributed by atoms with Crippen molar-refractivity contribution in [1.29, 1.82) is 0 Å². The van der Waals surface area contributed by atoms with E-state index in [-0.39, 0.29) is 5.91 Å². The van der Waals surface area contributed by atoms with E-state index in [9.17, 15) is 4.79 Å². The van der Waals surface area contributed by atoms with Crippen molar-refractivity contribution in [2.45, 2.75) is 27.3 Å². The number of aromatic amines is 1. The van der Waals surface area contributed by atoms with E-state index >= 15 is 0 Å². The smallest absolute Gasteiger partial charge is 0.229 e. The Balaban J connectivity index is 2.65. The minimum absolute atomic E-state index is 0.00236. The van der Waals surface area contributed by atoms with Crippen molar-refractivity contribution < 1.29 is 4.79 Å². The molecule has 1 heterocycles. The fourth-order valence-corrected chi connectivity index (χ4v) is 1.35. The first kappa shape index (κ1) is 12.6. The van der Waals surface area contributed by atoms with E-state index in [4.69, 9.17) is 5.73 Å². The molecule has 0 radical (unpaired) electrons. The van der Waals surface area contributed by atoms with Crippen LogP contribution in [0, 0.1) is 12.3 Å². The van der Waals surface area contributed by atoms with Gasteiger partial charge in [-0.15, -0.1) is 0 Å². The average molecular weight is 225 g/mol. The summed E-state index contributed by atoms with van der Waals surface area (Å²) in [6.07, 6.45) is 0. The lowest BCUT2D eigenvalue weighted by molar-refractivity contribution is -0.139. The number of amides is 1. The van der Waals surface area contributed by atoms with Gasteiger partial charge in [-0.2, -0.15) is 5.10 Å². The first-order valence-corrected chi connectivity index (χ1v) is 5.20. The van der Waals surface area contributed by atoms with Gasteiger partial charge in [0.2, 0.25) is 5.91 Å². The Morgan fingerprint density at radius 2 is 2.19 bits per heavy atom. The van der Waals surface area contributed by atoms with Gasteiger partial charge in [-0.05, 0) is 20.8 Å². The Hall–Kier alpha value is -1.43. The van der Waals surface area contributed by atoms with Crippen LogP contribution in [0.5, 0.6) is 0 Å². The Morgan fingerprint density at radius 3 is 2.62 bits per heavy atom. The van der Waals surface area contributed by atoms with E-state index in [1.54, 1.807) is 11.9 Å². The summed E-state index contributed by atoms with van der Waals surface area (Å²) in [5.41, 5.74) is 5.02. The molecular formula is C10H19N5O. The molecule has 0 bridgehead atoms. The third-order valence-corrected chi connectivity index (χ3v) is 2.46. The van der Waals surface area contributed by atoms with Gasteiger partial charge in [-0.25, -0.2) is 4.98 Å². The fourth-order valence-electron chi connectivity index (χ4n) is 1.35. The molecular weight excluding hydrogens is 206 g/mol. The molecule has 0 aromatic carbocycles. The second-order valence-corrected chi connectivity index (χ2v) is 4.59. The second-order valence-electron chi connectivity index (χ2n) is 4.59. The topological polar surface area (TPSA) is 87.9 Å². The van der Waals surface area contributed by atoms with Gasteiger partial charge >= 0.3 is 0 Å². The van der Waals surface area contributed by atoms with Crippen LogP contribution in [0.15, 0.2) is 0 Å². The van der Waals surface area contributed by atoms with E-state index < -0.39 is 5.41 Å². The quantitative estimate of drug-likeness (QED) is 0.758. The highest BCUT2D eigenvalue weighted by molar-refractivity contribution is 5.81. The van der Waals surface area contributed by atoms with E-state index in [2.05, 4.69) is 15.2 Å². The van der Waals surface area contributed by atoms with E-state index in [0.29, 0.717) is 18.9 Å². The first-order chi connectivity index (χ1) is 7.36. The largest absolute Gasteiger partial charge is 0.338 e. The van der Waals surface area contributed by atoms with Gasteiger partial charge in [-0.1, -0.05) is 0 Å². The molecule has 16 heavy (non-hydrogen) atoms. The monoisotopic (exact) mass is 225 g/mol. The van der Waals surface area contributed by atoms with Gasteiger partial charge < -0.3 is 10.6 Å². The molecule has 0 unspecified atom stereocenters. The maximum absolute atomic E-state index is 12.0. The SMILES string of the molecule is Cc1nc(CN(C)C(=O)C(C)(C)CN)n[nH]1. The normalized spacial score (nSPS) is 11.6. The summed E-state index contributed by atoms with van der Waals surface area (Å²) >= 11 is 0. The number of hydrogen-bond donors (Lipinski definition) is 2. The van der Waals surface area contributed by atoms with Crippen LogP contribution in [0.3, 0.4) is 0 Å². The standard InChI is InChI=1S/C10H19N5O/c1-7-12-8(14-13-7)5-15(4)9(16)10(2,3)6-11/h5-6,11H2,1-4H3,(H,12,13,14). The lowest BCUT2D eigenvalue weighted by Gasteiger charge is -2.27. The van der Waals surface area contributed by atoms with Crippen LogP contribution in [0.2, 0.25) is 0 Å². The predicted molar refractivity (Wildman–Crippen MR) is 60.4 cm³/mol. The van der Waals surface area contributed by atoms with E-state index in [0.717, 1.165) is 5.82 Å². The van der Waals surface area contributed by atoms with Gasteiger partial charge in [0.25, 0.3) is 0 Å². The molecule has 3 N–H and O–H groups in total. The highest BCUT2D eigenvalue weighted by atomic mass is 16.2. The Bertz CT molecular complexity index is 371. The molecule has 0 spiro atoms. The highest BCUT2D eigenvalue weighted by Gasteiger charge is 2.29. The molecule has 0 aliphatic heterocycles. The van der Waals surface area contributed by atoms with Crippen molar-refractivity contribution in [2.75, 3.05) is 13.6 Å². The number of H-pyrrole nitrogens is 1. The third kappa shape index (κ3) is 2.79. The van der Waals surface area contributed by atoms with Crippen LogP contribution in [0.1, 0.15) is 25.5 Å². The minimum atomic E-state index is -0.542. The van der Waals surface area contributed by atoms with Crippen molar-refractivity contribution in [3.63, 3.8) is 0 Å². The summed E-state index contributed by atoms with van der Waals surface area (Å²) in [6, 6.07) is 0. The van der Waals surface area contributed by atoms with Crippen molar-refractivity contribution in [3.8, 4) is 0 Å². The number of nitrogens with two attached hydrogens (primary N) is 1. The average Bonchev–Trinajstić information content (AvgIpc) is 2.62. The van der Waals surface area contributed by atoms with Crippen LogP contribution >= 0.6 is 0 Å². The van der Waals surface area contributed by atoms with Crippen molar-refractivity contribution in [2.24, 2.45) is 11.1 Å². The molecule has 0 saturated heterocycles. The minimum Gasteiger partial charge on any atom is -0.338 e. The molecule has 6 heteroatoms. The summed E-state index contributed by atoms with van der Waals surface area (Å²) in [4.78, 5) is 17.7. The molecule has 0 fully saturated rings. The predicted octanol–water partition coefficient (Wildman–Crippen LogP) is 0.0564. The molecule has 0 saturated carbocycles. The Labute approximate surface area is 95.2 Å². The van der Waals surface area contributed by atoms with E-state index in [1.165, 1.54) is 0 Å². The number of aryl methyl sites for hydroxylation is 1. The summed E-state index contributed by atoms with van der Waals surface area (Å²) in [6.45, 7) is 6.20. The summed E-state index contributed by atoms with van der Waals surface area (Å²) in [7, 11) is 1.73. The lowest BCUT2D eigenvalue weighted by atomic mass is 9.92. The van der Waals surface area contributed by atoms with E-state index in [1.807, 2.05) is 20.8 Å². The summed E-state index contributed by atoms with van der Waals surface area (Å²) in [5, 5.41) is 6.73. The maximum atomic E-state index is 12.0. The number of rotatable bonds is 4. The molecule has 90 valence electrons. The summed E-state index contributed by atoms with van der Waals surface area (Å²) < 4.78 is 0. The molecule has 6 nitrogen and oxygen atoms in total. The van der Waals surface area contributed by atoms with Gasteiger partial charge in [0.15, 0.2) is 5.82 Å². The number of aromatic nitrogens is 3. The molecule has 1 amide bonds. The molecule has 1 rings (SSSR count). The van der Waals surface area contributed by atoms with Crippen LogP contribution in [-0.2, 0) is 11.3 Å². The Morgan fingerprint density at radius 1 is 1.56 bits per heavy atom. The van der Waals surface area contributed by atoms with Gasteiger partial charge in [-0.3, -0.25) is 9.89 Å². The molecule has 0 atom stereocenters. The van der Waals surface area contributed by atoms with Crippen molar-refractivity contribution >= 4 is 5.91 Å². The number of hydrogen-bond acceptors (Lipinski definition) is 4. The highest BCUT2D eigenvalue weighted by Crippen LogP contribution is 2.16. The molecule has 1 aromatic rings. The molecule has 0 aliphatic carbocycles. The second kappa shape index (κ2) is 4.61. The fraction of sp³-hybridized carbons (Fsp3) is 0.700. The zero-order valence-corrected chi connectivity index (χ0v) is 10.2. The van der Waals surface area contributed by atoms with Crippen molar-refractivity contribution in [3.05, 3.63) is 11.6 Å². The van der Waals surface area contributed by atoms with Gasteiger partial charge in [0, 0.05) is 13.6 Å². The van der Waals surface area contributed by atoms with Crippen molar-refractivity contribution in [1.82, 2.24) is 20.1 Å². The third-order valence-electron chi connectivity index (χ3n) is 2.46. The van der Waals surface area contributed by atoms with Gasteiger partial charge in [0.05, 0.1) is 12.0 Å².